The van der Waals surface area contributed by atoms with E-state index in [0.717, 1.165) is 49.0 Å². The van der Waals surface area contributed by atoms with Crippen LogP contribution in [0.5, 0.6) is 0 Å². The molecule has 2 aliphatic carbocycles. The Morgan fingerprint density at radius 3 is 2.74 bits per heavy atom. The molecule has 0 radical (unpaired) electrons. The molecule has 0 aromatic carbocycles. The number of nitrogens with zero attached hydrogens (tertiary/aromatic N) is 2. The van der Waals surface area contributed by atoms with Crippen LogP contribution in [0.15, 0.2) is 0 Å². The van der Waals surface area contributed by atoms with Crippen LogP contribution in [0.25, 0.3) is 0 Å². The summed E-state index contributed by atoms with van der Waals surface area (Å²) in [5, 5.41) is 21.6. The van der Waals surface area contributed by atoms with Gasteiger partial charge in [0.05, 0.1) is 24.4 Å². The lowest BCUT2D eigenvalue weighted by Gasteiger charge is -2.35. The Morgan fingerprint density at radius 1 is 1.26 bits per heavy atom. The number of anilines is 1. The van der Waals surface area contributed by atoms with E-state index < -0.39 is 0 Å². The fourth-order valence-electron chi connectivity index (χ4n) is 2.82. The van der Waals surface area contributed by atoms with Gasteiger partial charge in [-0.1, -0.05) is 11.6 Å². The molecule has 2 heterocycles. The SMILES string of the molecule is O[C@@H]1CC[C@H]1Nc1nnc(Cl)c2c1COC1(CC1)C2. The van der Waals surface area contributed by atoms with Gasteiger partial charge in [-0.2, -0.15) is 0 Å². The topological polar surface area (TPSA) is 67.3 Å². The van der Waals surface area contributed by atoms with Gasteiger partial charge in [-0.25, -0.2) is 0 Å². The van der Waals surface area contributed by atoms with Crippen molar-refractivity contribution in [3.8, 4) is 0 Å². The predicted octanol–water partition coefficient (Wildman–Crippen LogP) is 1.67. The van der Waals surface area contributed by atoms with Crippen LogP contribution < -0.4 is 5.32 Å². The number of hydrogen-bond acceptors (Lipinski definition) is 5. The first-order valence-corrected chi connectivity index (χ1v) is 7.17. The number of aliphatic hydroxyl groups excluding tert-OH is 1. The van der Waals surface area contributed by atoms with Gasteiger partial charge in [0.2, 0.25) is 0 Å². The molecule has 4 rings (SSSR count). The van der Waals surface area contributed by atoms with Crippen LogP contribution in [0, 0.1) is 0 Å². The summed E-state index contributed by atoms with van der Waals surface area (Å²) in [6.07, 6.45) is 4.57. The van der Waals surface area contributed by atoms with E-state index in [0.29, 0.717) is 11.8 Å². The Labute approximate surface area is 116 Å². The highest BCUT2D eigenvalue weighted by atomic mass is 35.5. The third kappa shape index (κ3) is 1.91. The summed E-state index contributed by atoms with van der Waals surface area (Å²) in [5.41, 5.74) is 2.10. The highest BCUT2D eigenvalue weighted by Gasteiger charge is 2.48. The van der Waals surface area contributed by atoms with Gasteiger partial charge in [0, 0.05) is 17.5 Å². The largest absolute Gasteiger partial charge is 0.391 e. The molecule has 3 aliphatic rings. The van der Waals surface area contributed by atoms with Crippen LogP contribution in [0.3, 0.4) is 0 Å². The lowest BCUT2D eigenvalue weighted by molar-refractivity contribution is 0.00797. The molecule has 0 bridgehead atoms. The quantitative estimate of drug-likeness (QED) is 0.863. The standard InChI is InChI=1S/C13H16ClN3O2/c14-11-7-5-13(3-4-13)19-6-8(7)12(17-16-11)15-9-1-2-10(9)18/h9-10,18H,1-6H2,(H,15,17)/t9-,10-/m1/s1. The second kappa shape index (κ2) is 4.04. The number of aliphatic hydroxyl groups is 1. The molecule has 2 atom stereocenters. The summed E-state index contributed by atoms with van der Waals surface area (Å²) in [6.45, 7) is 0.537. The summed E-state index contributed by atoms with van der Waals surface area (Å²) >= 11 is 6.18. The van der Waals surface area contributed by atoms with E-state index in [-0.39, 0.29) is 17.7 Å². The first-order valence-electron chi connectivity index (χ1n) is 6.79. The molecular formula is C13H16ClN3O2. The minimum Gasteiger partial charge on any atom is -0.391 e. The van der Waals surface area contributed by atoms with Crippen LogP contribution in [0.2, 0.25) is 5.15 Å². The minimum absolute atomic E-state index is 0.0208. The van der Waals surface area contributed by atoms with Crippen molar-refractivity contribution in [1.82, 2.24) is 10.2 Å². The van der Waals surface area contributed by atoms with Crippen LogP contribution >= 0.6 is 11.6 Å². The van der Waals surface area contributed by atoms with Gasteiger partial charge >= 0.3 is 0 Å². The summed E-state index contributed by atoms with van der Waals surface area (Å²) < 4.78 is 5.93. The lowest BCUT2D eigenvalue weighted by atomic mass is 9.89. The van der Waals surface area contributed by atoms with Gasteiger partial charge in [-0.15, -0.1) is 10.2 Å². The number of hydrogen-bond donors (Lipinski definition) is 2. The molecule has 1 aromatic heterocycles. The van der Waals surface area contributed by atoms with Gasteiger partial charge in [0.1, 0.15) is 0 Å². The average Bonchev–Trinajstić information content (AvgIpc) is 3.16. The summed E-state index contributed by atoms with van der Waals surface area (Å²) in [5.74, 6) is 0.721. The van der Waals surface area contributed by atoms with Crippen LogP contribution in [0.4, 0.5) is 5.82 Å². The second-order valence-corrected chi connectivity index (χ2v) is 6.20. The highest BCUT2D eigenvalue weighted by molar-refractivity contribution is 6.30. The van der Waals surface area contributed by atoms with Crippen molar-refractivity contribution in [2.45, 2.75) is 56.5 Å². The van der Waals surface area contributed by atoms with Crippen LogP contribution in [-0.4, -0.2) is 33.1 Å². The fraction of sp³-hybridized carbons (Fsp3) is 0.692. The summed E-state index contributed by atoms with van der Waals surface area (Å²) in [4.78, 5) is 0. The van der Waals surface area contributed by atoms with Gasteiger partial charge < -0.3 is 15.2 Å². The van der Waals surface area contributed by atoms with Crippen molar-refractivity contribution >= 4 is 17.4 Å². The first-order chi connectivity index (χ1) is 9.17. The molecule has 0 saturated heterocycles. The molecule has 2 saturated carbocycles. The molecule has 0 amide bonds. The Bertz CT molecular complexity index is 533. The van der Waals surface area contributed by atoms with Crippen LogP contribution in [0.1, 0.15) is 36.8 Å². The zero-order valence-corrected chi connectivity index (χ0v) is 11.3. The van der Waals surface area contributed by atoms with E-state index in [1.54, 1.807) is 0 Å². The van der Waals surface area contributed by atoms with E-state index >= 15 is 0 Å². The van der Waals surface area contributed by atoms with Gasteiger partial charge in [0.15, 0.2) is 11.0 Å². The maximum Gasteiger partial charge on any atom is 0.155 e. The van der Waals surface area contributed by atoms with E-state index in [1.807, 2.05) is 0 Å². The molecule has 1 aliphatic heterocycles. The molecule has 2 N–H and O–H groups in total. The van der Waals surface area contributed by atoms with Gasteiger partial charge in [-0.05, 0) is 25.7 Å². The second-order valence-electron chi connectivity index (χ2n) is 5.84. The first kappa shape index (κ1) is 11.9. The number of fused-ring (bicyclic) bond motifs is 1. The smallest absolute Gasteiger partial charge is 0.155 e. The highest BCUT2D eigenvalue weighted by Crippen LogP contribution is 2.48. The fourth-order valence-corrected chi connectivity index (χ4v) is 3.04. The number of aromatic nitrogens is 2. The van der Waals surface area contributed by atoms with Crippen molar-refractivity contribution < 1.29 is 9.84 Å². The molecule has 19 heavy (non-hydrogen) atoms. The van der Waals surface area contributed by atoms with E-state index in [2.05, 4.69) is 15.5 Å². The zero-order chi connectivity index (χ0) is 13.0. The lowest BCUT2D eigenvalue weighted by Crippen LogP contribution is -2.43. The minimum atomic E-state index is -0.285. The van der Waals surface area contributed by atoms with Crippen molar-refractivity contribution in [2.75, 3.05) is 5.32 Å². The van der Waals surface area contributed by atoms with Crippen LogP contribution in [-0.2, 0) is 17.8 Å². The molecule has 2 fully saturated rings. The van der Waals surface area contributed by atoms with E-state index in [9.17, 15) is 5.11 Å². The summed E-state index contributed by atoms with van der Waals surface area (Å²) in [7, 11) is 0. The molecule has 1 aromatic rings. The number of ether oxygens (including phenoxy) is 1. The maximum absolute atomic E-state index is 9.65. The summed E-state index contributed by atoms with van der Waals surface area (Å²) in [6, 6.07) is 0.0800. The number of halogens is 1. The number of nitrogens with one attached hydrogen (secondary N) is 1. The van der Waals surface area contributed by atoms with Crippen molar-refractivity contribution in [3.05, 3.63) is 16.3 Å². The molecule has 6 heteroatoms. The van der Waals surface area contributed by atoms with Crippen molar-refractivity contribution in [1.29, 1.82) is 0 Å². The van der Waals surface area contributed by atoms with Gasteiger partial charge in [0.25, 0.3) is 0 Å². The zero-order valence-electron chi connectivity index (χ0n) is 10.5. The molecular weight excluding hydrogens is 266 g/mol. The average molecular weight is 282 g/mol. The van der Waals surface area contributed by atoms with Crippen molar-refractivity contribution in [2.24, 2.45) is 0 Å². The predicted molar refractivity (Wildman–Crippen MR) is 70.2 cm³/mol. The molecule has 102 valence electrons. The molecule has 5 nitrogen and oxygen atoms in total. The normalized spacial score (nSPS) is 30.6. The third-order valence-corrected chi connectivity index (χ3v) is 4.83. The van der Waals surface area contributed by atoms with E-state index in [4.69, 9.17) is 16.3 Å². The monoisotopic (exact) mass is 281 g/mol. The molecule has 1 spiro atoms. The van der Waals surface area contributed by atoms with E-state index in [1.165, 1.54) is 0 Å². The Balaban J connectivity index is 1.65. The number of rotatable bonds is 2. The maximum atomic E-state index is 9.65. The Morgan fingerprint density at radius 2 is 2.11 bits per heavy atom. The Kier molecular flexibility index (Phi) is 2.53. The Hall–Kier alpha value is -0.910. The van der Waals surface area contributed by atoms with Gasteiger partial charge in [-0.3, -0.25) is 0 Å². The molecule has 0 unspecified atom stereocenters. The van der Waals surface area contributed by atoms with Crippen molar-refractivity contribution in [3.63, 3.8) is 0 Å². The third-order valence-electron chi connectivity index (χ3n) is 4.53.